The fourth-order valence-corrected chi connectivity index (χ4v) is 1.79. The molecule has 0 radical (unpaired) electrons. The largest absolute Gasteiger partial charge is 0.496 e. The summed E-state index contributed by atoms with van der Waals surface area (Å²) in [6.45, 7) is 0. The molecule has 0 atom stereocenters. The van der Waals surface area contributed by atoms with Crippen LogP contribution in [0.5, 0.6) is 5.75 Å². The Bertz CT molecular complexity index is 455. The van der Waals surface area contributed by atoms with Gasteiger partial charge in [-0.05, 0) is 28.1 Å². The molecule has 17 heavy (non-hydrogen) atoms. The zero-order valence-corrected chi connectivity index (χ0v) is 11.2. The van der Waals surface area contributed by atoms with Crippen molar-refractivity contribution in [3.05, 3.63) is 27.7 Å². The van der Waals surface area contributed by atoms with Crippen LogP contribution in [-0.4, -0.2) is 33.3 Å². The lowest BCUT2D eigenvalue weighted by Crippen LogP contribution is -2.08. The van der Waals surface area contributed by atoms with Crippen LogP contribution in [0, 0.1) is 0 Å². The van der Waals surface area contributed by atoms with Gasteiger partial charge in [0.1, 0.15) is 5.75 Å². The van der Waals surface area contributed by atoms with Crippen molar-refractivity contribution in [2.45, 2.75) is 0 Å². The third-order valence-corrected chi connectivity index (χ3v) is 2.90. The van der Waals surface area contributed by atoms with Gasteiger partial charge in [0, 0.05) is 0 Å². The lowest BCUT2D eigenvalue weighted by atomic mass is 10.1. The monoisotopic (exact) mass is 302 g/mol. The van der Waals surface area contributed by atoms with E-state index in [-0.39, 0.29) is 11.1 Å². The van der Waals surface area contributed by atoms with Crippen LogP contribution >= 0.6 is 15.9 Å². The molecule has 92 valence electrons. The summed E-state index contributed by atoms with van der Waals surface area (Å²) in [7, 11) is 3.95. The summed E-state index contributed by atoms with van der Waals surface area (Å²) in [6, 6.07) is 2.85. The van der Waals surface area contributed by atoms with E-state index in [1.54, 1.807) is 0 Å². The van der Waals surface area contributed by atoms with Gasteiger partial charge in [-0.15, -0.1) is 0 Å². The zero-order chi connectivity index (χ0) is 13.0. The molecule has 0 aliphatic heterocycles. The summed E-state index contributed by atoms with van der Waals surface area (Å²) in [5.74, 6) is -0.768. The van der Waals surface area contributed by atoms with Gasteiger partial charge in [0.05, 0.1) is 36.9 Å². The Morgan fingerprint density at radius 2 is 1.65 bits per heavy atom. The maximum absolute atomic E-state index is 11.5. The van der Waals surface area contributed by atoms with E-state index < -0.39 is 11.9 Å². The number of methoxy groups -OCH3 is 3. The molecule has 0 fully saturated rings. The van der Waals surface area contributed by atoms with Crippen molar-refractivity contribution in [2.24, 2.45) is 0 Å². The standard InChI is InChI=1S/C11H11BrO5/c1-15-8-5-6(10(13)16-2)4-7(9(8)12)11(14)17-3/h4-5H,1-3H3. The van der Waals surface area contributed by atoms with Crippen molar-refractivity contribution in [1.82, 2.24) is 0 Å². The minimum Gasteiger partial charge on any atom is -0.496 e. The molecule has 0 aromatic heterocycles. The summed E-state index contributed by atoms with van der Waals surface area (Å²) in [5, 5.41) is 0. The average Bonchev–Trinajstić information content (AvgIpc) is 2.37. The third kappa shape index (κ3) is 2.76. The topological polar surface area (TPSA) is 61.8 Å². The average molecular weight is 303 g/mol. The summed E-state index contributed by atoms with van der Waals surface area (Å²) >= 11 is 3.21. The van der Waals surface area contributed by atoms with E-state index >= 15 is 0 Å². The fraction of sp³-hybridized carbons (Fsp3) is 0.273. The first-order valence-electron chi connectivity index (χ1n) is 4.59. The lowest BCUT2D eigenvalue weighted by molar-refractivity contribution is 0.0597. The first kappa shape index (κ1) is 13.5. The van der Waals surface area contributed by atoms with Crippen molar-refractivity contribution in [2.75, 3.05) is 21.3 Å². The Kier molecular flexibility index (Phi) is 4.51. The predicted octanol–water partition coefficient (Wildman–Crippen LogP) is 2.03. The summed E-state index contributed by atoms with van der Waals surface area (Å²) in [4.78, 5) is 22.9. The molecule has 0 spiro atoms. The molecule has 5 nitrogen and oxygen atoms in total. The highest BCUT2D eigenvalue weighted by atomic mass is 79.9. The SMILES string of the molecule is COC(=O)c1cc(OC)c(Br)c(C(=O)OC)c1. The van der Waals surface area contributed by atoms with E-state index in [1.807, 2.05) is 0 Å². The molecule has 0 heterocycles. The number of esters is 2. The van der Waals surface area contributed by atoms with Gasteiger partial charge in [-0.2, -0.15) is 0 Å². The van der Waals surface area contributed by atoms with Gasteiger partial charge < -0.3 is 14.2 Å². The van der Waals surface area contributed by atoms with E-state index in [2.05, 4.69) is 25.4 Å². The van der Waals surface area contributed by atoms with Gasteiger partial charge >= 0.3 is 11.9 Å². The molecule has 1 rings (SSSR count). The number of hydrogen-bond donors (Lipinski definition) is 0. The fourth-order valence-electron chi connectivity index (χ4n) is 1.24. The van der Waals surface area contributed by atoms with Crippen LogP contribution in [0.25, 0.3) is 0 Å². The minimum absolute atomic E-state index is 0.201. The number of benzene rings is 1. The Hall–Kier alpha value is -1.56. The van der Waals surface area contributed by atoms with Crippen LogP contribution in [0.15, 0.2) is 16.6 Å². The van der Waals surface area contributed by atoms with Crippen molar-refractivity contribution < 1.29 is 23.8 Å². The predicted molar refractivity (Wildman–Crippen MR) is 63.4 cm³/mol. The molecular formula is C11H11BrO5. The second kappa shape index (κ2) is 5.67. The van der Waals surface area contributed by atoms with Crippen LogP contribution in [0.2, 0.25) is 0 Å². The van der Waals surface area contributed by atoms with Crippen molar-refractivity contribution >= 4 is 27.9 Å². The Morgan fingerprint density at radius 1 is 1.06 bits per heavy atom. The molecule has 1 aromatic rings. The van der Waals surface area contributed by atoms with Gasteiger partial charge in [0.25, 0.3) is 0 Å². The Labute approximate surface area is 107 Å². The van der Waals surface area contributed by atoms with E-state index in [4.69, 9.17) is 4.74 Å². The molecule has 0 aliphatic rings. The van der Waals surface area contributed by atoms with Crippen molar-refractivity contribution in [1.29, 1.82) is 0 Å². The van der Waals surface area contributed by atoms with Crippen LogP contribution in [0.4, 0.5) is 0 Å². The van der Waals surface area contributed by atoms with Crippen LogP contribution in [-0.2, 0) is 9.47 Å². The third-order valence-electron chi connectivity index (χ3n) is 2.09. The molecule has 0 aliphatic carbocycles. The van der Waals surface area contributed by atoms with Crippen molar-refractivity contribution in [3.63, 3.8) is 0 Å². The number of carbonyl (C=O) groups is 2. The normalized spacial score (nSPS) is 9.65. The number of rotatable bonds is 3. The smallest absolute Gasteiger partial charge is 0.339 e. The van der Waals surface area contributed by atoms with Gasteiger partial charge in [-0.25, -0.2) is 9.59 Å². The number of ether oxygens (including phenoxy) is 3. The molecule has 0 saturated carbocycles. The van der Waals surface area contributed by atoms with E-state index in [9.17, 15) is 9.59 Å². The second-order valence-corrected chi connectivity index (χ2v) is 3.82. The molecule has 0 N–H and O–H groups in total. The van der Waals surface area contributed by atoms with Crippen molar-refractivity contribution in [3.8, 4) is 5.75 Å². The van der Waals surface area contributed by atoms with Gasteiger partial charge in [-0.3, -0.25) is 0 Å². The highest BCUT2D eigenvalue weighted by Crippen LogP contribution is 2.31. The maximum Gasteiger partial charge on any atom is 0.339 e. The first-order chi connectivity index (χ1) is 8.04. The molecule has 0 amide bonds. The van der Waals surface area contributed by atoms with E-state index in [1.165, 1.54) is 33.5 Å². The number of hydrogen-bond acceptors (Lipinski definition) is 5. The molecule has 0 unspecified atom stereocenters. The van der Waals surface area contributed by atoms with Gasteiger partial charge in [-0.1, -0.05) is 0 Å². The molecular weight excluding hydrogens is 292 g/mol. The summed E-state index contributed by atoms with van der Waals surface area (Å²) in [6.07, 6.45) is 0. The second-order valence-electron chi connectivity index (χ2n) is 3.02. The molecule has 0 saturated heterocycles. The van der Waals surface area contributed by atoms with Crippen LogP contribution < -0.4 is 4.74 Å². The minimum atomic E-state index is -0.569. The maximum atomic E-state index is 11.5. The Balaban J connectivity index is 3.38. The van der Waals surface area contributed by atoms with Gasteiger partial charge in [0.15, 0.2) is 0 Å². The zero-order valence-electron chi connectivity index (χ0n) is 9.57. The number of halogens is 1. The van der Waals surface area contributed by atoms with Crippen LogP contribution in [0.3, 0.4) is 0 Å². The summed E-state index contributed by atoms with van der Waals surface area (Å²) < 4.78 is 14.7. The first-order valence-corrected chi connectivity index (χ1v) is 5.38. The summed E-state index contributed by atoms with van der Waals surface area (Å²) in [5.41, 5.74) is 0.417. The molecule has 0 bridgehead atoms. The van der Waals surface area contributed by atoms with Gasteiger partial charge in [0.2, 0.25) is 0 Å². The van der Waals surface area contributed by atoms with E-state index in [0.29, 0.717) is 10.2 Å². The molecule has 6 heteroatoms. The molecule has 1 aromatic carbocycles. The number of carbonyl (C=O) groups excluding carboxylic acids is 2. The highest BCUT2D eigenvalue weighted by Gasteiger charge is 2.19. The van der Waals surface area contributed by atoms with Crippen LogP contribution in [0.1, 0.15) is 20.7 Å². The highest BCUT2D eigenvalue weighted by molar-refractivity contribution is 9.10. The quantitative estimate of drug-likeness (QED) is 0.800. The lowest BCUT2D eigenvalue weighted by Gasteiger charge is -2.10. The Morgan fingerprint density at radius 3 is 2.12 bits per heavy atom. The van der Waals surface area contributed by atoms with E-state index in [0.717, 1.165) is 0 Å².